The van der Waals surface area contributed by atoms with Crippen LogP contribution in [0.25, 0.3) is 16.8 Å². The molecule has 2 aromatic carbocycles. The van der Waals surface area contributed by atoms with Crippen LogP contribution in [0.3, 0.4) is 0 Å². The Kier molecular flexibility index (Phi) is 2.57. The maximum atomic E-state index is 12.6. The molecule has 1 aliphatic carbocycles. The molecule has 100 valence electrons. The number of ketones is 1. The molecule has 0 bridgehead atoms. The molecule has 0 spiro atoms. The van der Waals surface area contributed by atoms with E-state index in [-0.39, 0.29) is 5.78 Å². The van der Waals surface area contributed by atoms with Crippen LogP contribution in [0.1, 0.15) is 15.9 Å². The van der Waals surface area contributed by atoms with Crippen LogP contribution in [0.2, 0.25) is 0 Å². The van der Waals surface area contributed by atoms with Crippen LogP contribution >= 0.6 is 0 Å². The first kappa shape index (κ1) is 11.9. The molecule has 1 aromatic heterocycles. The summed E-state index contributed by atoms with van der Waals surface area (Å²) >= 11 is 0. The molecule has 0 unspecified atom stereocenters. The molecule has 3 aromatic rings. The van der Waals surface area contributed by atoms with Crippen molar-refractivity contribution >= 4 is 28.4 Å². The fourth-order valence-corrected chi connectivity index (χ4v) is 2.71. The van der Waals surface area contributed by atoms with Gasteiger partial charge < -0.3 is 5.32 Å². The van der Waals surface area contributed by atoms with Crippen LogP contribution in [0.5, 0.6) is 0 Å². The predicted molar refractivity (Wildman–Crippen MR) is 84.1 cm³/mol. The maximum absolute atomic E-state index is 12.6. The van der Waals surface area contributed by atoms with Gasteiger partial charge in [-0.3, -0.25) is 4.79 Å². The van der Waals surface area contributed by atoms with E-state index in [2.05, 4.69) is 10.3 Å². The Bertz CT molecular complexity index is 877. The number of Topliss-reactive ketones (excluding diaryl/α,β-unsaturated/α-hetero) is 1. The molecule has 1 N–H and O–H groups in total. The number of benzene rings is 2. The first-order chi connectivity index (χ1) is 10.3. The zero-order valence-electron chi connectivity index (χ0n) is 11.2. The molecule has 21 heavy (non-hydrogen) atoms. The van der Waals surface area contributed by atoms with E-state index in [0.717, 1.165) is 21.9 Å². The van der Waals surface area contributed by atoms with Crippen molar-refractivity contribution in [2.45, 2.75) is 0 Å². The lowest BCUT2D eigenvalue weighted by Crippen LogP contribution is -2.16. The van der Waals surface area contributed by atoms with Crippen molar-refractivity contribution in [3.05, 3.63) is 77.6 Å². The van der Waals surface area contributed by atoms with Gasteiger partial charge in [0.05, 0.1) is 5.70 Å². The van der Waals surface area contributed by atoms with Gasteiger partial charge in [0, 0.05) is 17.1 Å². The van der Waals surface area contributed by atoms with E-state index < -0.39 is 0 Å². The highest BCUT2D eigenvalue weighted by atomic mass is 16.1. The molecular weight excluding hydrogens is 260 g/mol. The van der Waals surface area contributed by atoms with Crippen molar-refractivity contribution in [2.75, 3.05) is 5.32 Å². The number of hydrogen-bond acceptors (Lipinski definition) is 3. The molecule has 0 aliphatic heterocycles. The average molecular weight is 272 g/mol. The molecule has 3 heteroatoms. The highest BCUT2D eigenvalue weighted by Gasteiger charge is 2.21. The van der Waals surface area contributed by atoms with Crippen molar-refractivity contribution in [2.24, 2.45) is 0 Å². The van der Waals surface area contributed by atoms with Gasteiger partial charge in [0.25, 0.3) is 0 Å². The second-order valence-electron chi connectivity index (χ2n) is 4.98. The van der Waals surface area contributed by atoms with Gasteiger partial charge >= 0.3 is 0 Å². The van der Waals surface area contributed by atoms with Gasteiger partial charge in [0.1, 0.15) is 5.82 Å². The SMILES string of the molecule is O=C1C(Nc2ccccn2)=Cc2cccc3cccc1c23. The summed E-state index contributed by atoms with van der Waals surface area (Å²) in [6.45, 7) is 0. The van der Waals surface area contributed by atoms with Crippen LogP contribution in [0, 0.1) is 0 Å². The Hall–Kier alpha value is -2.94. The van der Waals surface area contributed by atoms with E-state index in [1.807, 2.05) is 60.7 Å². The van der Waals surface area contributed by atoms with Crippen LogP contribution in [-0.2, 0) is 0 Å². The molecule has 3 nitrogen and oxygen atoms in total. The zero-order valence-corrected chi connectivity index (χ0v) is 11.2. The number of nitrogens with one attached hydrogen (secondary N) is 1. The third-order valence-electron chi connectivity index (χ3n) is 3.65. The first-order valence-electron chi connectivity index (χ1n) is 6.79. The highest BCUT2D eigenvalue weighted by molar-refractivity contribution is 6.23. The second-order valence-corrected chi connectivity index (χ2v) is 4.98. The number of hydrogen-bond donors (Lipinski definition) is 1. The van der Waals surface area contributed by atoms with Crippen molar-refractivity contribution in [3.63, 3.8) is 0 Å². The largest absolute Gasteiger partial charge is 0.337 e. The smallest absolute Gasteiger partial charge is 0.209 e. The normalized spacial score (nSPS) is 13.1. The predicted octanol–water partition coefficient (Wildman–Crippen LogP) is 3.88. The van der Waals surface area contributed by atoms with Crippen LogP contribution in [0.15, 0.2) is 66.5 Å². The maximum Gasteiger partial charge on any atom is 0.209 e. The number of allylic oxidation sites excluding steroid dienone is 1. The summed E-state index contributed by atoms with van der Waals surface area (Å²) in [4.78, 5) is 16.9. The van der Waals surface area contributed by atoms with E-state index >= 15 is 0 Å². The van der Waals surface area contributed by atoms with Crippen LogP contribution < -0.4 is 5.32 Å². The first-order valence-corrected chi connectivity index (χ1v) is 6.79. The summed E-state index contributed by atoms with van der Waals surface area (Å²) in [7, 11) is 0. The lowest BCUT2D eigenvalue weighted by Gasteiger charge is -2.17. The Labute approximate surface area is 122 Å². The minimum absolute atomic E-state index is 0.00459. The van der Waals surface area contributed by atoms with E-state index in [9.17, 15) is 4.79 Å². The number of carbonyl (C=O) groups excluding carboxylic acids is 1. The average Bonchev–Trinajstić information content (AvgIpc) is 2.53. The summed E-state index contributed by atoms with van der Waals surface area (Å²) in [6, 6.07) is 17.5. The fraction of sp³-hybridized carbons (Fsp3) is 0. The van der Waals surface area contributed by atoms with Crippen molar-refractivity contribution in [1.29, 1.82) is 0 Å². The Morgan fingerprint density at radius 3 is 2.57 bits per heavy atom. The fourth-order valence-electron chi connectivity index (χ4n) is 2.71. The van der Waals surface area contributed by atoms with Gasteiger partial charge in [-0.2, -0.15) is 0 Å². The minimum Gasteiger partial charge on any atom is -0.337 e. The van der Waals surface area contributed by atoms with Gasteiger partial charge in [0.15, 0.2) is 0 Å². The summed E-state index contributed by atoms with van der Waals surface area (Å²) < 4.78 is 0. The summed E-state index contributed by atoms with van der Waals surface area (Å²) in [6.07, 6.45) is 3.59. The number of rotatable bonds is 2. The van der Waals surface area contributed by atoms with Crippen molar-refractivity contribution < 1.29 is 4.79 Å². The number of aromatic nitrogens is 1. The monoisotopic (exact) mass is 272 g/mol. The van der Waals surface area contributed by atoms with Crippen LogP contribution in [0.4, 0.5) is 5.82 Å². The number of nitrogens with zero attached hydrogens (tertiary/aromatic N) is 1. The van der Waals surface area contributed by atoms with E-state index in [0.29, 0.717) is 11.5 Å². The lowest BCUT2D eigenvalue weighted by molar-refractivity contribution is 0.103. The molecule has 0 saturated carbocycles. The minimum atomic E-state index is 0.00459. The quantitative estimate of drug-likeness (QED) is 0.769. The Morgan fingerprint density at radius 1 is 0.905 bits per heavy atom. The highest BCUT2D eigenvalue weighted by Crippen LogP contribution is 2.31. The topological polar surface area (TPSA) is 42.0 Å². The lowest BCUT2D eigenvalue weighted by atomic mass is 9.90. The summed E-state index contributed by atoms with van der Waals surface area (Å²) in [5.41, 5.74) is 2.35. The molecule has 0 radical (unpaired) electrons. The van der Waals surface area contributed by atoms with E-state index in [1.165, 1.54) is 0 Å². The number of carbonyl (C=O) groups is 1. The standard InChI is InChI=1S/C18H12N2O/c21-18-14-8-4-6-12-5-3-7-13(17(12)14)11-15(18)20-16-9-1-2-10-19-16/h1-11H,(H,19,20). The third kappa shape index (κ3) is 1.91. The Balaban J connectivity index is 1.86. The Morgan fingerprint density at radius 2 is 1.76 bits per heavy atom. The van der Waals surface area contributed by atoms with E-state index in [1.54, 1.807) is 6.20 Å². The van der Waals surface area contributed by atoms with E-state index in [4.69, 9.17) is 0 Å². The molecule has 0 amide bonds. The molecule has 0 saturated heterocycles. The molecular formula is C18H12N2O. The second kappa shape index (κ2) is 4.56. The van der Waals surface area contributed by atoms with Gasteiger partial charge in [-0.25, -0.2) is 4.98 Å². The molecule has 0 atom stereocenters. The summed E-state index contributed by atoms with van der Waals surface area (Å²) in [5.74, 6) is 0.675. The zero-order chi connectivity index (χ0) is 14.2. The van der Waals surface area contributed by atoms with Gasteiger partial charge in [-0.1, -0.05) is 42.5 Å². The third-order valence-corrected chi connectivity index (χ3v) is 3.65. The number of anilines is 1. The number of pyridine rings is 1. The van der Waals surface area contributed by atoms with Crippen molar-refractivity contribution in [3.8, 4) is 0 Å². The van der Waals surface area contributed by atoms with Crippen LogP contribution in [-0.4, -0.2) is 10.8 Å². The van der Waals surface area contributed by atoms with Gasteiger partial charge in [-0.05, 0) is 29.2 Å². The van der Waals surface area contributed by atoms with Crippen molar-refractivity contribution in [1.82, 2.24) is 4.98 Å². The summed E-state index contributed by atoms with van der Waals surface area (Å²) in [5, 5.41) is 5.23. The van der Waals surface area contributed by atoms with Gasteiger partial charge in [0.2, 0.25) is 5.78 Å². The molecule has 0 fully saturated rings. The molecule has 1 heterocycles. The molecule has 1 aliphatic rings. The van der Waals surface area contributed by atoms with Gasteiger partial charge in [-0.15, -0.1) is 0 Å². The molecule has 4 rings (SSSR count).